The van der Waals surface area contributed by atoms with E-state index in [1.807, 2.05) is 0 Å². The molecule has 0 saturated heterocycles. The third-order valence-electron chi connectivity index (χ3n) is 3.97. The monoisotopic (exact) mass is 152 g/mol. The molecule has 2 aliphatic carbocycles. The Bertz CT molecular complexity index is 125. The standard InChI is InChI=1S/C11H20/c1-8(2)11-6-9-4-3-5-10(9)7-11/h8-11H,3-7H2,1-2H3/t9-,10+,11?. The largest absolute Gasteiger partial charge is 0.0625 e. The molecule has 0 spiro atoms. The lowest BCUT2D eigenvalue weighted by molar-refractivity contribution is 0.367. The van der Waals surface area contributed by atoms with Gasteiger partial charge in [-0.15, -0.1) is 0 Å². The van der Waals surface area contributed by atoms with Gasteiger partial charge in [0, 0.05) is 0 Å². The van der Waals surface area contributed by atoms with Crippen molar-refractivity contribution in [2.45, 2.75) is 46.0 Å². The molecular formula is C11H20. The summed E-state index contributed by atoms with van der Waals surface area (Å²) in [5.41, 5.74) is 0. The van der Waals surface area contributed by atoms with Gasteiger partial charge in [0.2, 0.25) is 0 Å². The minimum atomic E-state index is 0.945. The third kappa shape index (κ3) is 1.32. The third-order valence-corrected chi connectivity index (χ3v) is 3.97. The van der Waals surface area contributed by atoms with E-state index in [0.29, 0.717) is 0 Å². The van der Waals surface area contributed by atoms with Crippen LogP contribution in [-0.4, -0.2) is 0 Å². The lowest BCUT2D eigenvalue weighted by Crippen LogP contribution is -2.04. The van der Waals surface area contributed by atoms with Gasteiger partial charge in [0.05, 0.1) is 0 Å². The fraction of sp³-hybridized carbons (Fsp3) is 1.00. The molecule has 0 bridgehead atoms. The summed E-state index contributed by atoms with van der Waals surface area (Å²) < 4.78 is 0. The van der Waals surface area contributed by atoms with E-state index in [1.54, 1.807) is 25.7 Å². The molecule has 0 aromatic carbocycles. The zero-order valence-corrected chi connectivity index (χ0v) is 7.84. The van der Waals surface area contributed by atoms with E-state index in [9.17, 15) is 0 Å². The second-order valence-electron chi connectivity index (χ2n) is 4.93. The Morgan fingerprint density at radius 1 is 1.00 bits per heavy atom. The molecule has 0 nitrogen and oxygen atoms in total. The normalized spacial score (nSPS) is 43.4. The van der Waals surface area contributed by atoms with Gasteiger partial charge in [-0.3, -0.25) is 0 Å². The Labute approximate surface area is 70.4 Å². The van der Waals surface area contributed by atoms with Gasteiger partial charge in [-0.1, -0.05) is 33.1 Å². The van der Waals surface area contributed by atoms with E-state index >= 15 is 0 Å². The maximum absolute atomic E-state index is 2.39. The molecule has 2 aliphatic rings. The molecule has 0 aromatic rings. The molecular weight excluding hydrogens is 132 g/mol. The highest BCUT2D eigenvalue weighted by Gasteiger charge is 2.37. The minimum Gasteiger partial charge on any atom is -0.0625 e. The predicted molar refractivity (Wildman–Crippen MR) is 48.4 cm³/mol. The molecule has 1 unspecified atom stereocenters. The molecule has 11 heavy (non-hydrogen) atoms. The molecule has 0 amide bonds. The molecule has 64 valence electrons. The highest BCUT2D eigenvalue weighted by molar-refractivity contribution is 4.88. The summed E-state index contributed by atoms with van der Waals surface area (Å²) in [4.78, 5) is 0. The van der Waals surface area contributed by atoms with Gasteiger partial charge in [-0.05, 0) is 36.5 Å². The van der Waals surface area contributed by atoms with Crippen LogP contribution >= 0.6 is 0 Å². The number of rotatable bonds is 1. The van der Waals surface area contributed by atoms with Gasteiger partial charge in [0.1, 0.15) is 0 Å². The highest BCUT2D eigenvalue weighted by atomic mass is 14.4. The Hall–Kier alpha value is 0. The van der Waals surface area contributed by atoms with Crippen LogP contribution in [0.2, 0.25) is 0 Å². The van der Waals surface area contributed by atoms with Crippen molar-refractivity contribution in [1.29, 1.82) is 0 Å². The SMILES string of the molecule is CC(C)C1C[C@H]2CCC[C@H]2C1. The molecule has 2 saturated carbocycles. The van der Waals surface area contributed by atoms with Gasteiger partial charge in [-0.2, -0.15) is 0 Å². The van der Waals surface area contributed by atoms with Gasteiger partial charge in [0.25, 0.3) is 0 Å². The fourth-order valence-electron chi connectivity index (χ4n) is 3.15. The van der Waals surface area contributed by atoms with Crippen LogP contribution in [0.25, 0.3) is 0 Å². The van der Waals surface area contributed by atoms with Crippen LogP contribution in [0.3, 0.4) is 0 Å². The molecule has 0 radical (unpaired) electrons. The van der Waals surface area contributed by atoms with E-state index in [1.165, 1.54) is 6.42 Å². The predicted octanol–water partition coefficient (Wildman–Crippen LogP) is 3.47. The van der Waals surface area contributed by atoms with Gasteiger partial charge in [-0.25, -0.2) is 0 Å². The smallest absolute Gasteiger partial charge is 0.0383 e. The van der Waals surface area contributed by atoms with E-state index < -0.39 is 0 Å². The summed E-state index contributed by atoms with van der Waals surface area (Å²) in [6.45, 7) is 4.79. The summed E-state index contributed by atoms with van der Waals surface area (Å²) >= 11 is 0. The van der Waals surface area contributed by atoms with Crippen LogP contribution in [0.5, 0.6) is 0 Å². The molecule has 0 N–H and O–H groups in total. The van der Waals surface area contributed by atoms with Crippen molar-refractivity contribution >= 4 is 0 Å². The van der Waals surface area contributed by atoms with Crippen LogP contribution < -0.4 is 0 Å². The number of fused-ring (bicyclic) bond motifs is 1. The maximum Gasteiger partial charge on any atom is -0.0383 e. The zero-order chi connectivity index (χ0) is 7.84. The molecule has 2 fully saturated rings. The average Bonchev–Trinajstić information content (AvgIpc) is 2.40. The first-order valence-corrected chi connectivity index (χ1v) is 5.27. The van der Waals surface area contributed by atoms with Crippen molar-refractivity contribution in [3.8, 4) is 0 Å². The Kier molecular flexibility index (Phi) is 1.95. The second-order valence-corrected chi connectivity index (χ2v) is 4.93. The molecule has 0 aliphatic heterocycles. The van der Waals surface area contributed by atoms with Crippen molar-refractivity contribution in [3.05, 3.63) is 0 Å². The first-order chi connectivity index (χ1) is 5.27. The number of hydrogen-bond donors (Lipinski definition) is 0. The van der Waals surface area contributed by atoms with Crippen LogP contribution in [0.4, 0.5) is 0 Å². The summed E-state index contributed by atoms with van der Waals surface area (Å²) in [6.07, 6.45) is 7.74. The van der Waals surface area contributed by atoms with E-state index in [0.717, 1.165) is 23.7 Å². The molecule has 0 heteroatoms. The van der Waals surface area contributed by atoms with E-state index in [2.05, 4.69) is 13.8 Å². The van der Waals surface area contributed by atoms with E-state index in [-0.39, 0.29) is 0 Å². The Balaban J connectivity index is 1.94. The molecule has 0 heterocycles. The number of hydrogen-bond acceptors (Lipinski definition) is 0. The lowest BCUT2D eigenvalue weighted by atomic mass is 9.92. The van der Waals surface area contributed by atoms with Crippen LogP contribution in [0.15, 0.2) is 0 Å². The fourth-order valence-corrected chi connectivity index (χ4v) is 3.15. The van der Waals surface area contributed by atoms with Crippen molar-refractivity contribution in [2.24, 2.45) is 23.7 Å². The van der Waals surface area contributed by atoms with Crippen LogP contribution in [0.1, 0.15) is 46.0 Å². The molecule has 3 atom stereocenters. The first kappa shape index (κ1) is 7.64. The minimum absolute atomic E-state index is 0.945. The van der Waals surface area contributed by atoms with Crippen LogP contribution in [-0.2, 0) is 0 Å². The maximum atomic E-state index is 2.39. The summed E-state index contributed by atoms with van der Waals surface area (Å²) in [5, 5.41) is 0. The van der Waals surface area contributed by atoms with Gasteiger partial charge < -0.3 is 0 Å². The average molecular weight is 152 g/mol. The zero-order valence-electron chi connectivity index (χ0n) is 7.84. The summed E-state index contributed by atoms with van der Waals surface area (Å²) in [6, 6.07) is 0. The van der Waals surface area contributed by atoms with Gasteiger partial charge in [0.15, 0.2) is 0 Å². The van der Waals surface area contributed by atoms with Crippen molar-refractivity contribution in [2.75, 3.05) is 0 Å². The van der Waals surface area contributed by atoms with Gasteiger partial charge >= 0.3 is 0 Å². The Morgan fingerprint density at radius 2 is 1.55 bits per heavy atom. The molecule has 2 rings (SSSR count). The lowest BCUT2D eigenvalue weighted by Gasteiger charge is -2.14. The topological polar surface area (TPSA) is 0 Å². The second kappa shape index (κ2) is 2.80. The highest BCUT2D eigenvalue weighted by Crippen LogP contribution is 2.48. The van der Waals surface area contributed by atoms with E-state index in [4.69, 9.17) is 0 Å². The summed E-state index contributed by atoms with van der Waals surface area (Å²) in [5.74, 6) is 4.30. The first-order valence-electron chi connectivity index (χ1n) is 5.27. The Morgan fingerprint density at radius 3 is 2.00 bits per heavy atom. The summed E-state index contributed by atoms with van der Waals surface area (Å²) in [7, 11) is 0. The quantitative estimate of drug-likeness (QED) is 0.539. The van der Waals surface area contributed by atoms with Crippen molar-refractivity contribution in [3.63, 3.8) is 0 Å². The van der Waals surface area contributed by atoms with Crippen LogP contribution in [0, 0.1) is 23.7 Å². The van der Waals surface area contributed by atoms with Crippen molar-refractivity contribution in [1.82, 2.24) is 0 Å². The van der Waals surface area contributed by atoms with Crippen molar-refractivity contribution < 1.29 is 0 Å². The molecule has 0 aromatic heterocycles.